The molecular formula is C37H53N3O7. The fraction of sp³-hybridized carbons (Fsp3) is 0.622. The first-order valence-corrected chi connectivity index (χ1v) is 17.2. The first kappa shape index (κ1) is 36.3. The molecule has 0 aromatic heterocycles. The number of aliphatic hydroxyl groups is 1. The van der Waals surface area contributed by atoms with Crippen LogP contribution in [0, 0.1) is 11.8 Å². The minimum absolute atomic E-state index is 0.0900. The molecule has 7 atom stereocenters. The van der Waals surface area contributed by atoms with Crippen molar-refractivity contribution in [2.75, 3.05) is 26.7 Å². The van der Waals surface area contributed by atoms with Crippen molar-refractivity contribution in [1.29, 1.82) is 0 Å². The number of esters is 1. The van der Waals surface area contributed by atoms with Crippen molar-refractivity contribution in [2.45, 2.75) is 108 Å². The minimum atomic E-state index is -1.13. The van der Waals surface area contributed by atoms with E-state index in [1.54, 1.807) is 33.9 Å². The molecule has 4 rings (SSSR count). The smallest absolute Gasteiger partial charge is 0.313 e. The number of carbonyl (C=O) groups is 4. The van der Waals surface area contributed by atoms with Crippen LogP contribution >= 0.6 is 0 Å². The summed E-state index contributed by atoms with van der Waals surface area (Å²) in [6.45, 7) is 14.1. The Labute approximate surface area is 279 Å². The van der Waals surface area contributed by atoms with Gasteiger partial charge in [-0.25, -0.2) is 0 Å². The molecule has 3 heterocycles. The van der Waals surface area contributed by atoms with Gasteiger partial charge in [0.05, 0.1) is 24.0 Å². The van der Waals surface area contributed by atoms with Crippen molar-refractivity contribution in [3.05, 3.63) is 61.2 Å². The summed E-state index contributed by atoms with van der Waals surface area (Å²) in [6.07, 6.45) is 6.87. The zero-order valence-electron chi connectivity index (χ0n) is 28.5. The molecule has 258 valence electrons. The van der Waals surface area contributed by atoms with Crippen LogP contribution in [0.4, 0.5) is 0 Å². The summed E-state index contributed by atoms with van der Waals surface area (Å²) in [5, 5.41) is 9.21. The zero-order valence-corrected chi connectivity index (χ0v) is 28.5. The van der Waals surface area contributed by atoms with Gasteiger partial charge in [0.15, 0.2) is 0 Å². The number of amides is 3. The highest BCUT2D eigenvalue weighted by Crippen LogP contribution is 2.59. The van der Waals surface area contributed by atoms with Crippen LogP contribution in [-0.2, 0) is 28.7 Å². The highest BCUT2D eigenvalue weighted by molar-refractivity contribution is 5.98. The number of aliphatic hydroxyl groups excluding tert-OH is 1. The van der Waals surface area contributed by atoms with Gasteiger partial charge in [-0.2, -0.15) is 0 Å². The second-order valence-electron chi connectivity index (χ2n) is 13.4. The summed E-state index contributed by atoms with van der Waals surface area (Å²) in [6, 6.07) is 7.84. The molecular weight excluding hydrogens is 598 g/mol. The van der Waals surface area contributed by atoms with Crippen LogP contribution < -0.4 is 0 Å². The van der Waals surface area contributed by atoms with Gasteiger partial charge in [0.2, 0.25) is 17.7 Å². The molecule has 47 heavy (non-hydrogen) atoms. The lowest BCUT2D eigenvalue weighted by Crippen LogP contribution is -2.57. The van der Waals surface area contributed by atoms with Crippen LogP contribution in [0.1, 0.15) is 83.8 Å². The van der Waals surface area contributed by atoms with Gasteiger partial charge in [0.1, 0.15) is 17.7 Å². The SMILES string of the molecule is C=CCCC(=O)N(C)[C@@H](C)[C@@H](OC(=O)[C@@H]1[C@H]2C(=O)N(CCCCCCO)[C@H](C(=O)N(CC=C)C(C)C)[C@]23CC[C@H]1O3)c1ccccc1. The lowest BCUT2D eigenvalue weighted by Gasteiger charge is -2.38. The average Bonchev–Trinajstić information content (AvgIpc) is 3.71. The number of hydrogen-bond acceptors (Lipinski definition) is 7. The van der Waals surface area contributed by atoms with E-state index in [1.807, 2.05) is 51.1 Å². The van der Waals surface area contributed by atoms with E-state index >= 15 is 0 Å². The number of likely N-dealkylation sites (tertiary alicyclic amines) is 1. The van der Waals surface area contributed by atoms with Gasteiger partial charge in [-0.3, -0.25) is 19.2 Å². The fourth-order valence-electron chi connectivity index (χ4n) is 7.66. The molecule has 1 spiro atoms. The molecule has 3 aliphatic rings. The molecule has 2 bridgehead atoms. The first-order chi connectivity index (χ1) is 22.5. The van der Waals surface area contributed by atoms with Crippen molar-refractivity contribution in [1.82, 2.24) is 14.7 Å². The number of likely N-dealkylation sites (N-methyl/N-ethyl adjacent to an activating group) is 1. The average molecular weight is 652 g/mol. The Morgan fingerprint density at radius 2 is 1.81 bits per heavy atom. The molecule has 3 aliphatic heterocycles. The maximum atomic E-state index is 14.4. The van der Waals surface area contributed by atoms with Crippen LogP contribution in [-0.4, -0.2) is 100 Å². The van der Waals surface area contributed by atoms with Gasteiger partial charge in [-0.1, -0.05) is 55.3 Å². The van der Waals surface area contributed by atoms with E-state index in [-0.39, 0.29) is 30.4 Å². The Balaban J connectivity index is 1.65. The van der Waals surface area contributed by atoms with Gasteiger partial charge >= 0.3 is 5.97 Å². The maximum absolute atomic E-state index is 14.4. The highest BCUT2D eigenvalue weighted by Gasteiger charge is 2.75. The predicted octanol–water partition coefficient (Wildman–Crippen LogP) is 4.43. The van der Waals surface area contributed by atoms with Crippen molar-refractivity contribution in [3.63, 3.8) is 0 Å². The Kier molecular flexibility index (Phi) is 12.4. The number of nitrogens with zero attached hydrogens (tertiary/aromatic N) is 3. The highest BCUT2D eigenvalue weighted by atomic mass is 16.6. The standard InChI is InChI=1S/C37H53N3O7/c1-7-9-19-29(42)38(6)26(5)32(27-17-13-12-14-18-27)46-36(45)30-28-20-21-37(47-28)31(30)34(43)40(23-15-10-11-16-24-41)33(37)35(44)39(22-8-2)25(3)4/h7-8,12-14,17-18,25-26,28,30-33,41H,1-2,9-11,15-16,19-24H2,3-6H3/t26-,28+,30-,31-,32+,33+,37-/m0/s1. The van der Waals surface area contributed by atoms with Crippen LogP contribution in [0.15, 0.2) is 55.6 Å². The topological polar surface area (TPSA) is 117 Å². The third kappa shape index (κ3) is 7.33. The quantitative estimate of drug-likeness (QED) is 0.142. The molecule has 3 fully saturated rings. The number of rotatable bonds is 18. The Bertz CT molecular complexity index is 1290. The van der Waals surface area contributed by atoms with E-state index in [0.717, 1.165) is 18.4 Å². The van der Waals surface area contributed by atoms with E-state index in [2.05, 4.69) is 13.2 Å². The van der Waals surface area contributed by atoms with Gasteiger partial charge in [0, 0.05) is 39.2 Å². The molecule has 1 aromatic rings. The third-order valence-corrected chi connectivity index (χ3v) is 10.2. The first-order valence-electron chi connectivity index (χ1n) is 17.2. The maximum Gasteiger partial charge on any atom is 0.313 e. The van der Waals surface area contributed by atoms with Gasteiger partial charge in [-0.15, -0.1) is 13.2 Å². The number of fused-ring (bicyclic) bond motifs is 1. The fourth-order valence-corrected chi connectivity index (χ4v) is 7.66. The van der Waals surface area contributed by atoms with Crippen LogP contribution in [0.5, 0.6) is 0 Å². The molecule has 0 unspecified atom stereocenters. The van der Waals surface area contributed by atoms with Gasteiger partial charge < -0.3 is 29.3 Å². The van der Waals surface area contributed by atoms with E-state index < -0.39 is 47.7 Å². The molecule has 3 saturated heterocycles. The van der Waals surface area contributed by atoms with E-state index in [0.29, 0.717) is 51.6 Å². The van der Waals surface area contributed by atoms with E-state index in [9.17, 15) is 24.3 Å². The van der Waals surface area contributed by atoms with E-state index in [4.69, 9.17) is 9.47 Å². The number of ether oxygens (including phenoxy) is 2. The molecule has 10 heteroatoms. The molecule has 10 nitrogen and oxygen atoms in total. The van der Waals surface area contributed by atoms with Gasteiger partial charge in [0.25, 0.3) is 0 Å². The van der Waals surface area contributed by atoms with Crippen LogP contribution in [0.2, 0.25) is 0 Å². The summed E-state index contributed by atoms with van der Waals surface area (Å²) >= 11 is 0. The summed E-state index contributed by atoms with van der Waals surface area (Å²) < 4.78 is 12.9. The molecule has 3 amide bonds. The number of hydrogen-bond donors (Lipinski definition) is 1. The number of carbonyl (C=O) groups excluding carboxylic acids is 4. The van der Waals surface area contributed by atoms with Gasteiger partial charge in [-0.05, 0) is 58.4 Å². The summed E-state index contributed by atoms with van der Waals surface area (Å²) in [4.78, 5) is 61.0. The van der Waals surface area contributed by atoms with E-state index in [1.165, 1.54) is 0 Å². The molecule has 0 aliphatic carbocycles. The lowest BCUT2D eigenvalue weighted by atomic mass is 9.70. The number of benzene rings is 1. The Hall–Kier alpha value is -3.50. The molecule has 1 N–H and O–H groups in total. The minimum Gasteiger partial charge on any atom is -0.455 e. The third-order valence-electron chi connectivity index (χ3n) is 10.2. The monoisotopic (exact) mass is 651 g/mol. The normalized spacial score (nSPS) is 25.7. The lowest BCUT2D eigenvalue weighted by molar-refractivity contribution is -0.164. The number of allylic oxidation sites excluding steroid dienone is 1. The van der Waals surface area contributed by atoms with Crippen molar-refractivity contribution in [2.24, 2.45) is 11.8 Å². The summed E-state index contributed by atoms with van der Waals surface area (Å²) in [5.74, 6) is -2.82. The number of unbranched alkanes of at least 4 members (excludes halogenated alkanes) is 3. The summed E-state index contributed by atoms with van der Waals surface area (Å²) in [7, 11) is 1.70. The van der Waals surface area contributed by atoms with Crippen molar-refractivity contribution < 1.29 is 33.8 Å². The second-order valence-corrected chi connectivity index (χ2v) is 13.4. The van der Waals surface area contributed by atoms with Crippen LogP contribution in [0.3, 0.4) is 0 Å². The summed E-state index contributed by atoms with van der Waals surface area (Å²) in [5.41, 5.74) is -0.393. The second kappa shape index (κ2) is 16.1. The largest absolute Gasteiger partial charge is 0.455 e. The van der Waals surface area contributed by atoms with Crippen molar-refractivity contribution >= 4 is 23.7 Å². The van der Waals surface area contributed by atoms with Crippen molar-refractivity contribution in [3.8, 4) is 0 Å². The zero-order chi connectivity index (χ0) is 34.3. The molecule has 0 radical (unpaired) electrons. The molecule has 0 saturated carbocycles. The Morgan fingerprint density at radius 1 is 1.11 bits per heavy atom. The predicted molar refractivity (Wildman–Crippen MR) is 179 cm³/mol. The Morgan fingerprint density at radius 3 is 2.45 bits per heavy atom. The van der Waals surface area contributed by atoms with Crippen LogP contribution in [0.25, 0.3) is 0 Å². The molecule has 1 aromatic carbocycles.